The quantitative estimate of drug-likeness (QED) is 0.272. The summed E-state index contributed by atoms with van der Waals surface area (Å²) >= 11 is 0. The first-order valence-corrected chi connectivity index (χ1v) is 9.81. The smallest absolute Gasteiger partial charge is 0.406 e. The Balaban J connectivity index is 1.51. The minimum Gasteiger partial charge on any atom is -0.406 e. The van der Waals surface area contributed by atoms with Crippen LogP contribution in [-0.4, -0.2) is 12.7 Å². The molecule has 0 unspecified atom stereocenters. The van der Waals surface area contributed by atoms with Gasteiger partial charge < -0.3 is 9.47 Å². The molecule has 174 valence electrons. The van der Waals surface area contributed by atoms with Crippen LogP contribution in [-0.2, 0) is 0 Å². The number of pyridine rings is 2. The first kappa shape index (κ1) is 23.1. The van der Waals surface area contributed by atoms with E-state index in [4.69, 9.17) is 0 Å². The minimum absolute atomic E-state index is 0.320. The highest BCUT2D eigenvalue weighted by molar-refractivity contribution is 5.61. The topological polar surface area (TPSA) is 26.2 Å². The van der Waals surface area contributed by atoms with Gasteiger partial charge in [-0.15, -0.1) is 26.3 Å². The number of rotatable bonds is 5. The molecule has 4 aromatic rings. The SMILES string of the molecule is FC(F)(F)Oc1cccc(-[n+]2ccc(-c3cc[n+](-c4cccc(OC(F)(F)F)c4)cc3)cc2)c1. The second kappa shape index (κ2) is 9.05. The number of hydrogen-bond donors (Lipinski definition) is 0. The molecule has 2 heterocycles. The molecule has 2 aromatic heterocycles. The Labute approximate surface area is 189 Å². The number of aromatic nitrogens is 2. The van der Waals surface area contributed by atoms with Crippen LogP contribution in [0.1, 0.15) is 0 Å². The molecule has 0 aliphatic carbocycles. The van der Waals surface area contributed by atoms with E-state index in [0.717, 1.165) is 11.1 Å². The van der Waals surface area contributed by atoms with Crippen LogP contribution >= 0.6 is 0 Å². The van der Waals surface area contributed by atoms with E-state index in [2.05, 4.69) is 9.47 Å². The fourth-order valence-electron chi connectivity index (χ4n) is 3.26. The maximum absolute atomic E-state index is 12.5. The van der Waals surface area contributed by atoms with Crippen molar-refractivity contribution in [3.63, 3.8) is 0 Å². The van der Waals surface area contributed by atoms with Gasteiger partial charge in [0.05, 0.1) is 12.1 Å². The van der Waals surface area contributed by atoms with Crippen LogP contribution in [0.4, 0.5) is 26.3 Å². The van der Waals surface area contributed by atoms with Crippen molar-refractivity contribution in [3.8, 4) is 34.0 Å². The fourth-order valence-corrected chi connectivity index (χ4v) is 3.26. The minimum atomic E-state index is -4.77. The highest BCUT2D eigenvalue weighted by Gasteiger charge is 2.32. The maximum atomic E-state index is 12.5. The molecular weight excluding hydrogens is 462 g/mol. The summed E-state index contributed by atoms with van der Waals surface area (Å²) in [5.41, 5.74) is 2.64. The Morgan fingerprint density at radius 1 is 0.500 bits per heavy atom. The van der Waals surface area contributed by atoms with Gasteiger partial charge >= 0.3 is 12.7 Å². The highest BCUT2D eigenvalue weighted by atomic mass is 19.4. The van der Waals surface area contributed by atoms with Crippen LogP contribution in [0.2, 0.25) is 0 Å². The van der Waals surface area contributed by atoms with Gasteiger partial charge in [0, 0.05) is 36.4 Å². The highest BCUT2D eigenvalue weighted by Crippen LogP contribution is 2.25. The molecule has 0 fully saturated rings. The number of ether oxygens (including phenoxy) is 2. The Bertz CT molecular complexity index is 1170. The number of nitrogens with zero attached hydrogens (tertiary/aromatic N) is 2. The van der Waals surface area contributed by atoms with E-state index in [-0.39, 0.29) is 11.5 Å². The van der Waals surface area contributed by atoms with E-state index in [9.17, 15) is 26.3 Å². The third kappa shape index (κ3) is 6.03. The second-order valence-corrected chi connectivity index (χ2v) is 7.08. The van der Waals surface area contributed by atoms with Crippen molar-refractivity contribution >= 4 is 0 Å². The first-order valence-electron chi connectivity index (χ1n) is 9.81. The normalized spacial score (nSPS) is 11.8. The standard InChI is InChI=1S/C24H16F6N2O2/c25-23(26,27)33-21-5-1-3-19(15-21)31-11-7-17(8-12-31)18-9-13-32(14-10-18)20-4-2-6-22(16-20)34-24(28,29)30/h1-16H/q+2. The summed E-state index contributed by atoms with van der Waals surface area (Å²) < 4.78 is 85.9. The third-order valence-electron chi connectivity index (χ3n) is 4.69. The summed E-state index contributed by atoms with van der Waals surface area (Å²) in [4.78, 5) is 0. The molecule has 0 saturated heterocycles. The summed E-state index contributed by atoms with van der Waals surface area (Å²) in [6, 6.07) is 18.3. The van der Waals surface area contributed by atoms with E-state index in [0.29, 0.717) is 11.4 Å². The van der Waals surface area contributed by atoms with E-state index in [1.165, 1.54) is 36.4 Å². The van der Waals surface area contributed by atoms with Gasteiger partial charge in [0.15, 0.2) is 24.8 Å². The molecule has 0 amide bonds. The molecule has 0 spiro atoms. The molecule has 10 heteroatoms. The number of benzene rings is 2. The van der Waals surface area contributed by atoms with Crippen molar-refractivity contribution in [2.75, 3.05) is 0 Å². The lowest BCUT2D eigenvalue weighted by molar-refractivity contribution is -0.596. The first-order chi connectivity index (χ1) is 16.1. The molecule has 34 heavy (non-hydrogen) atoms. The van der Waals surface area contributed by atoms with E-state index >= 15 is 0 Å². The fraction of sp³-hybridized carbons (Fsp3) is 0.0833. The summed E-state index contributed by atoms with van der Waals surface area (Å²) in [5, 5.41) is 0. The van der Waals surface area contributed by atoms with Gasteiger partial charge in [0.2, 0.25) is 11.4 Å². The zero-order chi connectivity index (χ0) is 24.3. The second-order valence-electron chi connectivity index (χ2n) is 7.08. The summed E-state index contributed by atoms with van der Waals surface area (Å²) in [5.74, 6) is -0.641. The molecule has 0 radical (unpaired) electrons. The van der Waals surface area contributed by atoms with Crippen LogP contribution in [0, 0.1) is 0 Å². The van der Waals surface area contributed by atoms with Crippen molar-refractivity contribution < 1.29 is 45.0 Å². The zero-order valence-electron chi connectivity index (χ0n) is 17.2. The number of halogens is 6. The molecule has 2 aromatic carbocycles. The molecule has 0 N–H and O–H groups in total. The molecular formula is C24H16F6N2O2+2. The summed E-state index contributed by atoms with van der Waals surface area (Å²) in [6.45, 7) is 0. The van der Waals surface area contributed by atoms with Gasteiger partial charge in [-0.3, -0.25) is 0 Å². The monoisotopic (exact) mass is 478 g/mol. The number of alkyl halides is 6. The zero-order valence-corrected chi connectivity index (χ0v) is 17.2. The average Bonchev–Trinajstić information content (AvgIpc) is 2.77. The Hall–Kier alpha value is -4.08. The lowest BCUT2D eigenvalue weighted by atomic mass is 10.1. The van der Waals surface area contributed by atoms with E-state index in [1.54, 1.807) is 70.3 Å². The lowest BCUT2D eigenvalue weighted by Crippen LogP contribution is -2.30. The van der Waals surface area contributed by atoms with Gasteiger partial charge in [0.1, 0.15) is 11.5 Å². The van der Waals surface area contributed by atoms with Gasteiger partial charge in [-0.2, -0.15) is 9.13 Å². The van der Waals surface area contributed by atoms with Gasteiger partial charge in [0.25, 0.3) is 0 Å². The van der Waals surface area contributed by atoms with Crippen molar-refractivity contribution in [1.29, 1.82) is 0 Å². The predicted molar refractivity (Wildman–Crippen MR) is 108 cm³/mol. The molecule has 4 nitrogen and oxygen atoms in total. The summed E-state index contributed by atoms with van der Waals surface area (Å²) in [7, 11) is 0. The van der Waals surface area contributed by atoms with Gasteiger partial charge in [-0.1, -0.05) is 12.1 Å². The lowest BCUT2D eigenvalue weighted by Gasteiger charge is -2.08. The van der Waals surface area contributed by atoms with Gasteiger partial charge in [-0.05, 0) is 23.3 Å². The van der Waals surface area contributed by atoms with Crippen molar-refractivity contribution in [2.24, 2.45) is 0 Å². The van der Waals surface area contributed by atoms with Crippen LogP contribution in [0.3, 0.4) is 0 Å². The Kier molecular flexibility index (Phi) is 6.14. The summed E-state index contributed by atoms with van der Waals surface area (Å²) in [6.07, 6.45) is -2.77. The van der Waals surface area contributed by atoms with Crippen molar-refractivity contribution in [2.45, 2.75) is 12.7 Å². The van der Waals surface area contributed by atoms with Crippen LogP contribution in [0.15, 0.2) is 97.6 Å². The maximum Gasteiger partial charge on any atom is 0.573 e. The molecule has 0 aliphatic heterocycles. The van der Waals surface area contributed by atoms with Crippen LogP contribution in [0.25, 0.3) is 22.5 Å². The van der Waals surface area contributed by atoms with Crippen LogP contribution < -0.4 is 18.6 Å². The largest absolute Gasteiger partial charge is 0.573 e. The average molecular weight is 478 g/mol. The predicted octanol–water partition coefficient (Wildman–Crippen LogP) is 5.70. The molecule has 0 aliphatic rings. The van der Waals surface area contributed by atoms with Crippen molar-refractivity contribution in [3.05, 3.63) is 97.6 Å². The molecule has 0 atom stereocenters. The Morgan fingerprint density at radius 2 is 0.853 bits per heavy atom. The van der Waals surface area contributed by atoms with Gasteiger partial charge in [-0.25, -0.2) is 0 Å². The van der Waals surface area contributed by atoms with E-state index < -0.39 is 12.7 Å². The number of hydrogen-bond acceptors (Lipinski definition) is 2. The molecule has 0 saturated carbocycles. The third-order valence-corrected chi connectivity index (χ3v) is 4.69. The molecule has 4 rings (SSSR count). The Morgan fingerprint density at radius 3 is 1.18 bits per heavy atom. The van der Waals surface area contributed by atoms with Crippen molar-refractivity contribution in [1.82, 2.24) is 0 Å². The molecule has 0 bridgehead atoms. The van der Waals surface area contributed by atoms with E-state index in [1.807, 2.05) is 0 Å². The van der Waals surface area contributed by atoms with Crippen LogP contribution in [0.5, 0.6) is 11.5 Å².